The molecular weight excluding hydrogens is 735 g/mol. The molecule has 10 rings (SSSR count). The number of nitrogens with zero attached hydrogens (tertiary/aromatic N) is 8. The lowest BCUT2D eigenvalue weighted by Crippen LogP contribution is -2.43. The fraction of sp³-hybridized carbons (Fsp3) is 0.111. The molecule has 4 aliphatic rings. The van der Waals surface area contributed by atoms with E-state index < -0.39 is 13.7 Å². The standard InChI is InChI=1S/C36H24N8S4.Al.ClH/c1-45-21-13-5-9-17-25(21)33-37-29(17)42-34-27-19(11-7-15-23(27)47-3)31(39-34)44-36-28-20(12-8-16-24(28)48-4)32(40-36)43-35-26-18(30(38-35)41-33)10-6-14-22(26)46-2;;/h5-16H,1-4H3;;1H/q-2;+3;/p-1. The Balaban J connectivity index is 1.50. The first-order valence-electron chi connectivity index (χ1n) is 15.7. The average Bonchev–Trinajstić information content (AvgIpc) is 3.87. The van der Waals surface area contributed by atoms with Gasteiger partial charge in [0.1, 0.15) is 22.6 Å². The predicted octanol–water partition coefficient (Wildman–Crippen LogP) is 8.05. The van der Waals surface area contributed by atoms with E-state index in [0.717, 1.165) is 86.0 Å². The minimum atomic E-state index is -2.84. The molecule has 0 amide bonds. The maximum Gasteiger partial charge on any atom is 0.722 e. The van der Waals surface area contributed by atoms with E-state index in [1.165, 1.54) is 0 Å². The van der Waals surface area contributed by atoms with Gasteiger partial charge in [0.25, 0.3) is 0 Å². The molecule has 14 heteroatoms. The van der Waals surface area contributed by atoms with E-state index in [1.54, 1.807) is 47.0 Å². The molecule has 6 aromatic rings. The lowest BCUT2D eigenvalue weighted by molar-refractivity contribution is 0.981. The Kier molecular flexibility index (Phi) is 7.34. The largest absolute Gasteiger partial charge is 0.722 e. The highest BCUT2D eigenvalue weighted by atomic mass is 35.6. The van der Waals surface area contributed by atoms with Gasteiger partial charge < -0.3 is 7.10 Å². The van der Waals surface area contributed by atoms with Crippen LogP contribution in [0.3, 0.4) is 0 Å². The van der Waals surface area contributed by atoms with Crippen molar-refractivity contribution in [2.45, 2.75) is 19.6 Å². The van der Waals surface area contributed by atoms with Gasteiger partial charge in [-0.3, -0.25) is 0 Å². The molecule has 0 radical (unpaired) electrons. The van der Waals surface area contributed by atoms with Crippen molar-refractivity contribution < 1.29 is 0 Å². The Morgan fingerprint density at radius 2 is 0.980 bits per heavy atom. The molecule has 242 valence electrons. The first-order chi connectivity index (χ1) is 24.5. The fourth-order valence-electron chi connectivity index (χ4n) is 7.31. The summed E-state index contributed by atoms with van der Waals surface area (Å²) in [5.74, 6) is 3.94. The molecule has 4 aromatic carbocycles. The van der Waals surface area contributed by atoms with E-state index in [2.05, 4.69) is 105 Å². The summed E-state index contributed by atoms with van der Waals surface area (Å²) in [5.41, 5.74) is 5.32. The quantitative estimate of drug-likeness (QED) is 0.135. The molecule has 0 aliphatic carbocycles. The minimum Gasteiger partial charge on any atom is -0.370 e. The SMILES string of the molecule is CSc1cccc2c1C1=NC2=Nc2c3c(SC)cccc3c3[n]2[Al]([Cl])[n]2c(c4cccc(SC)c4c2=NC2=NC(=N3)c3c(SC)cccc32)=N1. The van der Waals surface area contributed by atoms with Crippen LogP contribution in [0.2, 0.25) is 0 Å². The molecule has 0 spiro atoms. The first-order valence-corrected chi connectivity index (χ1v) is 23.4. The third-order valence-electron chi connectivity index (χ3n) is 9.45. The van der Waals surface area contributed by atoms with Gasteiger partial charge in [-0.15, -0.1) is 47.0 Å². The number of fused-ring (bicyclic) bond motifs is 14. The zero-order valence-corrected chi connectivity index (χ0v) is 32.3. The molecule has 2 aromatic heterocycles. The first kappa shape index (κ1) is 31.2. The normalized spacial score (nSPS) is 15.2. The monoisotopic (exact) mass is 758 g/mol. The van der Waals surface area contributed by atoms with Gasteiger partial charge in [0.05, 0.1) is 0 Å². The van der Waals surface area contributed by atoms with Crippen LogP contribution >= 0.6 is 57.1 Å². The maximum atomic E-state index is 8.04. The van der Waals surface area contributed by atoms with Crippen LogP contribution in [-0.4, -0.2) is 69.1 Å². The second kappa shape index (κ2) is 11.7. The highest BCUT2D eigenvalue weighted by Crippen LogP contribution is 2.45. The lowest BCUT2D eigenvalue weighted by Gasteiger charge is -2.15. The number of amidine groups is 4. The zero-order chi connectivity index (χ0) is 33.8. The van der Waals surface area contributed by atoms with E-state index in [1.807, 2.05) is 0 Å². The maximum absolute atomic E-state index is 8.04. The smallest absolute Gasteiger partial charge is 0.370 e. The van der Waals surface area contributed by atoms with Gasteiger partial charge in [-0.25, -0.2) is 30.0 Å². The molecule has 8 nitrogen and oxygen atoms in total. The summed E-state index contributed by atoms with van der Waals surface area (Å²) in [6.07, 6.45) is 8.36. The number of benzene rings is 4. The Hall–Kier alpha value is -3.54. The summed E-state index contributed by atoms with van der Waals surface area (Å²) in [6, 6.07) is 25.2. The zero-order valence-electron chi connectivity index (χ0n) is 27.1. The van der Waals surface area contributed by atoms with Crippen LogP contribution < -0.4 is 11.0 Å². The van der Waals surface area contributed by atoms with E-state index in [4.69, 9.17) is 40.0 Å². The molecular formula is C36H24AlClN8S4. The Bertz CT molecular complexity index is 2800. The number of hydrogen-bond acceptors (Lipinski definition) is 10. The van der Waals surface area contributed by atoms with E-state index >= 15 is 0 Å². The topological polar surface area (TPSA) is 84.0 Å². The molecule has 6 bridgehead atoms. The molecule has 0 atom stereocenters. The van der Waals surface area contributed by atoms with Crippen LogP contribution in [0, 0.1) is 0 Å². The van der Waals surface area contributed by atoms with Gasteiger partial charge in [-0.1, -0.05) is 48.5 Å². The minimum absolute atomic E-state index is 0.616. The third-order valence-corrected chi connectivity index (χ3v) is 15.6. The summed E-state index contributed by atoms with van der Waals surface area (Å²) >= 11 is 3.89. The van der Waals surface area contributed by atoms with Crippen molar-refractivity contribution in [3.05, 3.63) is 106 Å². The molecule has 4 aliphatic heterocycles. The molecule has 0 saturated heterocycles. The van der Waals surface area contributed by atoms with Crippen molar-refractivity contribution in [3.63, 3.8) is 0 Å². The molecule has 0 saturated carbocycles. The summed E-state index contributed by atoms with van der Waals surface area (Å²) in [6.45, 7) is 0. The van der Waals surface area contributed by atoms with Gasteiger partial charge in [0, 0.05) is 63.4 Å². The Morgan fingerprint density at radius 1 is 0.480 bits per heavy atom. The number of thioether (sulfide) groups is 4. The van der Waals surface area contributed by atoms with Crippen LogP contribution in [0.4, 0.5) is 11.6 Å². The van der Waals surface area contributed by atoms with Crippen molar-refractivity contribution >= 4 is 127 Å². The number of aliphatic imine (C=N–C) groups is 4. The molecule has 50 heavy (non-hydrogen) atoms. The molecule has 0 N–H and O–H groups in total. The van der Waals surface area contributed by atoms with Crippen LogP contribution in [-0.2, 0) is 0 Å². The van der Waals surface area contributed by atoms with Crippen molar-refractivity contribution in [1.82, 2.24) is 7.10 Å². The number of aromatic nitrogens is 2. The Morgan fingerprint density at radius 3 is 1.64 bits per heavy atom. The average molecular weight is 759 g/mol. The summed E-state index contributed by atoms with van der Waals surface area (Å²) in [5, 5.41) is 3.92. The second-order valence-corrected chi connectivity index (χ2v) is 18.1. The predicted molar refractivity (Wildman–Crippen MR) is 214 cm³/mol. The number of hydrogen-bond donors (Lipinski definition) is 0. The summed E-state index contributed by atoms with van der Waals surface area (Å²) in [7, 11) is 8.04. The molecule has 0 unspecified atom stereocenters. The summed E-state index contributed by atoms with van der Waals surface area (Å²) < 4.78 is 4.33. The Labute approximate surface area is 312 Å². The van der Waals surface area contributed by atoms with E-state index in [9.17, 15) is 0 Å². The van der Waals surface area contributed by atoms with Crippen molar-refractivity contribution in [2.75, 3.05) is 25.0 Å². The van der Waals surface area contributed by atoms with Crippen molar-refractivity contribution in [2.24, 2.45) is 30.0 Å². The summed E-state index contributed by atoms with van der Waals surface area (Å²) in [4.78, 5) is 36.5. The highest BCUT2D eigenvalue weighted by Gasteiger charge is 2.39. The van der Waals surface area contributed by atoms with Crippen LogP contribution in [0.5, 0.6) is 0 Å². The third kappa shape index (κ3) is 4.26. The molecule has 0 fully saturated rings. The van der Waals surface area contributed by atoms with Gasteiger partial charge in [0.2, 0.25) is 0 Å². The van der Waals surface area contributed by atoms with Crippen molar-refractivity contribution in [3.8, 4) is 0 Å². The van der Waals surface area contributed by atoms with Crippen molar-refractivity contribution in [1.29, 1.82) is 0 Å². The van der Waals surface area contributed by atoms with Crippen LogP contribution in [0.1, 0.15) is 22.3 Å². The van der Waals surface area contributed by atoms with Gasteiger partial charge in [-0.2, -0.15) is 10.0 Å². The van der Waals surface area contributed by atoms with Gasteiger partial charge >= 0.3 is 13.7 Å². The number of halogens is 1. The lowest BCUT2D eigenvalue weighted by atomic mass is 10.1. The van der Waals surface area contributed by atoms with Crippen LogP contribution in [0.25, 0.3) is 21.5 Å². The van der Waals surface area contributed by atoms with E-state index in [0.29, 0.717) is 23.3 Å². The van der Waals surface area contributed by atoms with Gasteiger partial charge in [0.15, 0.2) is 23.3 Å². The highest BCUT2D eigenvalue weighted by molar-refractivity contribution is 7.99. The van der Waals surface area contributed by atoms with Crippen LogP contribution in [0.15, 0.2) is 122 Å². The van der Waals surface area contributed by atoms with E-state index in [-0.39, 0.29) is 0 Å². The molecule has 6 heterocycles. The second-order valence-electron chi connectivity index (χ2n) is 11.8. The number of rotatable bonds is 4. The van der Waals surface area contributed by atoms with Gasteiger partial charge in [-0.05, 0) is 49.3 Å². The fourth-order valence-corrected chi connectivity index (χ4v) is 12.7.